The maximum atomic E-state index is 12.4. The molecule has 158 valence electrons. The largest absolute Gasteiger partial charge is 0.380 e. The van der Waals surface area contributed by atoms with Crippen LogP contribution in [0.2, 0.25) is 0 Å². The molecule has 4 saturated carbocycles. The molecule has 4 N–H and O–H groups in total. The zero-order valence-electron chi connectivity index (χ0n) is 16.5. The maximum absolute atomic E-state index is 12.4. The van der Waals surface area contributed by atoms with Crippen molar-refractivity contribution >= 4 is 42.1 Å². The number of nitrogens with two attached hydrogens (primary N) is 1. The monoisotopic (exact) mass is 429 g/mol. The summed E-state index contributed by atoms with van der Waals surface area (Å²) in [6, 6.07) is 8.07. The van der Waals surface area contributed by atoms with Gasteiger partial charge in [0, 0.05) is 19.2 Å². The predicted octanol–water partition coefficient (Wildman–Crippen LogP) is 4.21. The van der Waals surface area contributed by atoms with E-state index < -0.39 is 0 Å². The molecular weight excluding hydrogens is 397 g/mol. The summed E-state index contributed by atoms with van der Waals surface area (Å²) in [5.41, 5.74) is 7.76. The van der Waals surface area contributed by atoms with E-state index in [1.807, 2.05) is 18.2 Å². The van der Waals surface area contributed by atoms with Crippen molar-refractivity contribution in [3.8, 4) is 0 Å². The first kappa shape index (κ1) is 23.3. The van der Waals surface area contributed by atoms with Gasteiger partial charge in [-0.3, -0.25) is 4.79 Å². The topological polar surface area (TPSA) is 76.4 Å². The highest BCUT2D eigenvalue weighted by atomic mass is 35.5. The fourth-order valence-electron chi connectivity index (χ4n) is 5.92. The molecule has 4 aliphatic rings. The van der Waals surface area contributed by atoms with E-state index in [2.05, 4.69) is 16.7 Å². The van der Waals surface area contributed by atoms with Crippen LogP contribution in [0.5, 0.6) is 0 Å². The molecule has 4 bridgehead atoms. The second kappa shape index (κ2) is 9.66. The highest BCUT2D eigenvalue weighted by Gasteiger charge is 2.51. The second-order valence-corrected chi connectivity index (χ2v) is 8.71. The third kappa shape index (κ3) is 4.93. The fraction of sp³-hybridized carbons (Fsp3) is 0.667. The van der Waals surface area contributed by atoms with E-state index in [4.69, 9.17) is 10.5 Å². The molecule has 5 rings (SSSR count). The van der Waals surface area contributed by atoms with Gasteiger partial charge < -0.3 is 21.1 Å². The third-order valence-corrected chi connectivity index (χ3v) is 6.65. The van der Waals surface area contributed by atoms with Gasteiger partial charge in [0.15, 0.2) is 0 Å². The molecule has 28 heavy (non-hydrogen) atoms. The third-order valence-electron chi connectivity index (χ3n) is 6.65. The van der Waals surface area contributed by atoms with Gasteiger partial charge in [-0.2, -0.15) is 0 Å². The summed E-state index contributed by atoms with van der Waals surface area (Å²) >= 11 is 0. The Balaban J connectivity index is 0.00000140. The van der Waals surface area contributed by atoms with Gasteiger partial charge in [0.2, 0.25) is 5.91 Å². The Morgan fingerprint density at radius 1 is 1.11 bits per heavy atom. The zero-order valence-corrected chi connectivity index (χ0v) is 18.1. The van der Waals surface area contributed by atoms with Crippen molar-refractivity contribution in [3.05, 3.63) is 24.3 Å². The van der Waals surface area contributed by atoms with Crippen LogP contribution < -0.4 is 16.4 Å². The first-order valence-corrected chi connectivity index (χ1v) is 9.99. The van der Waals surface area contributed by atoms with Gasteiger partial charge in [-0.15, -0.1) is 24.8 Å². The van der Waals surface area contributed by atoms with Gasteiger partial charge in [0.25, 0.3) is 0 Å². The quantitative estimate of drug-likeness (QED) is 0.606. The Hall–Kier alpha value is -1.01. The molecule has 0 aromatic heterocycles. The van der Waals surface area contributed by atoms with Crippen molar-refractivity contribution in [1.29, 1.82) is 0 Å². The molecule has 0 saturated heterocycles. The van der Waals surface area contributed by atoms with Crippen LogP contribution in [0.25, 0.3) is 0 Å². The number of halogens is 2. The van der Waals surface area contributed by atoms with Crippen LogP contribution in [0.1, 0.15) is 44.9 Å². The van der Waals surface area contributed by atoms with Crippen LogP contribution in [-0.4, -0.2) is 31.2 Å². The number of carbonyl (C=O) groups excluding carboxylic acids is 1. The van der Waals surface area contributed by atoms with E-state index in [1.165, 1.54) is 38.5 Å². The summed E-state index contributed by atoms with van der Waals surface area (Å²) < 4.78 is 5.23. The van der Waals surface area contributed by atoms with E-state index in [0.29, 0.717) is 6.54 Å². The Morgan fingerprint density at radius 3 is 2.14 bits per heavy atom. The number of nitrogens with one attached hydrogen (secondary N) is 2. The molecule has 4 fully saturated rings. The van der Waals surface area contributed by atoms with Crippen LogP contribution in [-0.2, 0) is 9.53 Å². The Morgan fingerprint density at radius 2 is 1.64 bits per heavy atom. The Labute approximate surface area is 180 Å². The minimum Gasteiger partial charge on any atom is -0.380 e. The molecule has 1 amide bonds. The molecule has 0 spiro atoms. The van der Waals surface area contributed by atoms with Crippen LogP contribution in [0.15, 0.2) is 24.3 Å². The van der Waals surface area contributed by atoms with Crippen LogP contribution in [0.4, 0.5) is 11.4 Å². The lowest BCUT2D eigenvalue weighted by molar-refractivity contribution is -0.118. The maximum Gasteiger partial charge on any atom is 0.227 e. The van der Waals surface area contributed by atoms with Crippen molar-refractivity contribution in [1.82, 2.24) is 0 Å². The van der Waals surface area contributed by atoms with Gasteiger partial charge in [0.05, 0.1) is 23.9 Å². The number of hydrogen-bond donors (Lipinski definition) is 3. The van der Waals surface area contributed by atoms with Crippen LogP contribution in [0.3, 0.4) is 0 Å². The summed E-state index contributed by atoms with van der Waals surface area (Å²) in [6.45, 7) is 0.344. The smallest absolute Gasteiger partial charge is 0.227 e. The standard InChI is InChI=1S/C21H31N3O2.2ClH/c1-26-17(13-22)9-20(25)23-18-4-2-3-5-19(18)24-21-10-14-6-15(11-21)8-16(7-14)12-21;;/h2-5,14-17,24H,6-13,22H2,1H3,(H,23,25);2*1H. The first-order chi connectivity index (χ1) is 12.6. The average Bonchev–Trinajstić information content (AvgIpc) is 2.60. The molecule has 4 aliphatic carbocycles. The number of para-hydroxylation sites is 2. The van der Waals surface area contributed by atoms with Crippen molar-refractivity contribution < 1.29 is 9.53 Å². The minimum absolute atomic E-state index is 0. The van der Waals surface area contributed by atoms with Gasteiger partial charge >= 0.3 is 0 Å². The van der Waals surface area contributed by atoms with Crippen molar-refractivity contribution in [2.45, 2.75) is 56.6 Å². The summed E-state index contributed by atoms with van der Waals surface area (Å²) in [7, 11) is 1.59. The van der Waals surface area contributed by atoms with Gasteiger partial charge in [-0.25, -0.2) is 0 Å². The highest BCUT2D eigenvalue weighted by molar-refractivity contribution is 5.94. The van der Waals surface area contributed by atoms with Crippen LogP contribution >= 0.6 is 24.8 Å². The van der Waals surface area contributed by atoms with Crippen molar-refractivity contribution in [2.75, 3.05) is 24.3 Å². The SMILES string of the molecule is COC(CN)CC(=O)Nc1ccccc1NC12CC3CC(CC(C3)C1)C2.Cl.Cl. The lowest BCUT2D eigenvalue weighted by Gasteiger charge is -2.57. The minimum atomic E-state index is -0.238. The number of rotatable bonds is 7. The number of methoxy groups -OCH3 is 1. The Bertz CT molecular complexity index is 632. The van der Waals surface area contributed by atoms with Crippen molar-refractivity contribution in [3.63, 3.8) is 0 Å². The normalized spacial score (nSPS) is 30.7. The van der Waals surface area contributed by atoms with E-state index in [0.717, 1.165) is 29.1 Å². The van der Waals surface area contributed by atoms with Gasteiger partial charge in [-0.1, -0.05) is 12.1 Å². The molecule has 5 nitrogen and oxygen atoms in total. The molecule has 0 radical (unpaired) electrons. The van der Waals surface area contributed by atoms with Gasteiger partial charge in [0.1, 0.15) is 0 Å². The molecule has 7 heteroatoms. The summed E-state index contributed by atoms with van der Waals surface area (Å²) in [5, 5.41) is 6.93. The molecular formula is C21H33Cl2N3O2. The number of hydrogen-bond acceptors (Lipinski definition) is 4. The number of anilines is 2. The summed E-state index contributed by atoms with van der Waals surface area (Å²) in [6.07, 6.45) is 8.15. The van der Waals surface area contributed by atoms with E-state index in [1.54, 1.807) is 7.11 Å². The number of carbonyl (C=O) groups is 1. The lowest BCUT2D eigenvalue weighted by atomic mass is 9.53. The number of amides is 1. The second-order valence-electron chi connectivity index (χ2n) is 8.71. The highest BCUT2D eigenvalue weighted by Crippen LogP contribution is 2.56. The number of ether oxygens (including phenoxy) is 1. The zero-order chi connectivity index (χ0) is 18.1. The fourth-order valence-corrected chi connectivity index (χ4v) is 5.92. The Kier molecular flexibility index (Phi) is 8.03. The molecule has 1 unspecified atom stereocenters. The lowest BCUT2D eigenvalue weighted by Crippen LogP contribution is -2.54. The predicted molar refractivity (Wildman–Crippen MR) is 119 cm³/mol. The summed E-state index contributed by atoms with van der Waals surface area (Å²) in [4.78, 5) is 12.4. The van der Waals surface area contributed by atoms with E-state index in [-0.39, 0.29) is 48.8 Å². The number of benzene rings is 1. The van der Waals surface area contributed by atoms with Crippen LogP contribution in [0, 0.1) is 17.8 Å². The summed E-state index contributed by atoms with van der Waals surface area (Å²) in [5.74, 6) is 2.62. The molecule has 0 heterocycles. The van der Waals surface area contributed by atoms with Crippen molar-refractivity contribution in [2.24, 2.45) is 23.5 Å². The first-order valence-electron chi connectivity index (χ1n) is 9.99. The van der Waals surface area contributed by atoms with E-state index >= 15 is 0 Å². The van der Waals surface area contributed by atoms with E-state index in [9.17, 15) is 4.79 Å². The molecule has 1 atom stereocenters. The molecule has 0 aliphatic heterocycles. The van der Waals surface area contributed by atoms with Gasteiger partial charge in [-0.05, 0) is 68.4 Å². The molecule has 1 aromatic carbocycles. The molecule has 1 aromatic rings. The average molecular weight is 430 g/mol.